The molecule has 0 bridgehead atoms. The van der Waals surface area contributed by atoms with Crippen LogP contribution in [0.3, 0.4) is 0 Å². The normalized spacial score (nSPS) is 12.5. The van der Waals surface area contributed by atoms with Crippen LogP contribution in [0, 0.1) is 0 Å². The zero-order valence-electron chi connectivity index (χ0n) is 6.25. The minimum Gasteiger partial charge on any atom is -0.370 e. The van der Waals surface area contributed by atoms with Crippen LogP contribution in [0.4, 0.5) is 0 Å². The summed E-state index contributed by atoms with van der Waals surface area (Å²) in [5.74, 6) is -0.698. The number of amides is 1. The van der Waals surface area contributed by atoms with Gasteiger partial charge in [0.2, 0.25) is 5.91 Å². The van der Waals surface area contributed by atoms with Crippen LogP contribution in [0.25, 0.3) is 0 Å². The molecule has 1 amide bonds. The molecule has 0 aliphatic heterocycles. The van der Waals surface area contributed by atoms with Gasteiger partial charge in [-0.25, -0.2) is 0 Å². The van der Waals surface area contributed by atoms with Crippen molar-refractivity contribution in [2.24, 2.45) is 17.2 Å². The Morgan fingerprint density at radius 3 is 2.27 bits per heavy atom. The number of hydrogen-bond donors (Lipinski definition) is 3. The van der Waals surface area contributed by atoms with Crippen LogP contribution < -0.4 is 17.2 Å². The zero-order chi connectivity index (χ0) is 8.85. The van der Waals surface area contributed by atoms with Crippen LogP contribution in [0.5, 0.6) is 0 Å². The molecule has 0 saturated heterocycles. The van der Waals surface area contributed by atoms with E-state index in [9.17, 15) is 9.59 Å². The number of Topliss-reactive ketones (excluding diaryl/α,β-unsaturated/α-hetero) is 1. The fourth-order valence-electron chi connectivity index (χ4n) is 0.610. The first-order valence-corrected chi connectivity index (χ1v) is 3.34. The molecule has 0 aliphatic carbocycles. The molecule has 0 aromatic rings. The third-order valence-electron chi connectivity index (χ3n) is 1.32. The summed E-state index contributed by atoms with van der Waals surface area (Å²) in [5, 5.41) is 0. The van der Waals surface area contributed by atoms with Gasteiger partial charge in [-0.1, -0.05) is 0 Å². The van der Waals surface area contributed by atoms with E-state index in [1.165, 1.54) is 0 Å². The standard InChI is InChI=1S/C6H13N3O2/c7-3-5(10)4(8)1-2-6(9)11/h4H,1-3,7-8H2,(H2,9,11)/t4-/m0/s1. The van der Waals surface area contributed by atoms with Crippen molar-refractivity contribution >= 4 is 11.7 Å². The second-order valence-electron chi connectivity index (χ2n) is 2.28. The minimum absolute atomic E-state index is 0.0834. The maximum absolute atomic E-state index is 10.7. The van der Waals surface area contributed by atoms with Gasteiger partial charge in [0.05, 0.1) is 12.6 Å². The summed E-state index contributed by atoms with van der Waals surface area (Å²) in [6, 6.07) is -0.646. The highest BCUT2D eigenvalue weighted by molar-refractivity contribution is 5.86. The monoisotopic (exact) mass is 159 g/mol. The summed E-state index contributed by atoms with van der Waals surface area (Å²) in [5.41, 5.74) is 15.2. The lowest BCUT2D eigenvalue weighted by molar-refractivity contribution is -0.120. The number of nitrogens with two attached hydrogens (primary N) is 3. The highest BCUT2D eigenvalue weighted by Gasteiger charge is 2.11. The summed E-state index contributed by atoms with van der Waals surface area (Å²) in [6.07, 6.45) is 0.415. The molecule has 0 saturated carbocycles. The molecule has 5 heteroatoms. The molecular formula is C6H13N3O2. The number of carbonyl (C=O) groups is 2. The van der Waals surface area contributed by atoms with Crippen LogP contribution in [-0.2, 0) is 9.59 Å². The molecule has 0 aliphatic rings. The predicted octanol–water partition coefficient (Wildman–Crippen LogP) is -1.89. The van der Waals surface area contributed by atoms with E-state index in [0.717, 1.165) is 0 Å². The van der Waals surface area contributed by atoms with Crippen LogP contribution in [0.1, 0.15) is 12.8 Å². The average Bonchev–Trinajstić information content (AvgIpc) is 1.98. The van der Waals surface area contributed by atoms with E-state index in [1.54, 1.807) is 0 Å². The molecule has 5 nitrogen and oxygen atoms in total. The SMILES string of the molecule is NCC(=O)[C@@H](N)CCC(N)=O. The van der Waals surface area contributed by atoms with E-state index < -0.39 is 11.9 Å². The fraction of sp³-hybridized carbons (Fsp3) is 0.667. The summed E-state index contributed by atoms with van der Waals surface area (Å²) < 4.78 is 0. The fourth-order valence-corrected chi connectivity index (χ4v) is 0.610. The molecular weight excluding hydrogens is 146 g/mol. The Morgan fingerprint density at radius 1 is 1.36 bits per heavy atom. The lowest BCUT2D eigenvalue weighted by Crippen LogP contribution is -2.36. The first-order chi connectivity index (χ1) is 5.07. The summed E-state index contributed by atoms with van der Waals surface area (Å²) >= 11 is 0. The number of hydrogen-bond acceptors (Lipinski definition) is 4. The largest absolute Gasteiger partial charge is 0.370 e. The Morgan fingerprint density at radius 2 is 1.91 bits per heavy atom. The second-order valence-corrected chi connectivity index (χ2v) is 2.28. The maximum atomic E-state index is 10.7. The molecule has 0 spiro atoms. The van der Waals surface area contributed by atoms with Gasteiger partial charge < -0.3 is 17.2 Å². The van der Waals surface area contributed by atoms with Crippen LogP contribution in [0.15, 0.2) is 0 Å². The van der Waals surface area contributed by atoms with Gasteiger partial charge in [-0.15, -0.1) is 0 Å². The van der Waals surface area contributed by atoms with Crippen molar-refractivity contribution in [1.29, 1.82) is 0 Å². The number of primary amides is 1. The molecule has 0 aromatic heterocycles. The van der Waals surface area contributed by atoms with E-state index in [4.69, 9.17) is 17.2 Å². The van der Waals surface area contributed by atoms with Gasteiger partial charge in [0.25, 0.3) is 0 Å². The quantitative estimate of drug-likeness (QED) is 0.435. The summed E-state index contributed by atoms with van der Waals surface area (Å²) in [4.78, 5) is 21.0. The van der Waals surface area contributed by atoms with Gasteiger partial charge in [-0.3, -0.25) is 9.59 Å². The Balaban J connectivity index is 3.60. The van der Waals surface area contributed by atoms with Crippen molar-refractivity contribution in [2.75, 3.05) is 6.54 Å². The van der Waals surface area contributed by atoms with Crippen molar-refractivity contribution in [3.8, 4) is 0 Å². The van der Waals surface area contributed by atoms with Gasteiger partial charge in [0, 0.05) is 6.42 Å². The third kappa shape index (κ3) is 4.46. The number of carbonyl (C=O) groups excluding carboxylic acids is 2. The minimum atomic E-state index is -0.646. The summed E-state index contributed by atoms with van der Waals surface area (Å²) in [7, 11) is 0. The van der Waals surface area contributed by atoms with Crippen LogP contribution in [-0.4, -0.2) is 24.3 Å². The van der Waals surface area contributed by atoms with Gasteiger partial charge in [-0.05, 0) is 6.42 Å². The molecule has 0 fully saturated rings. The lowest BCUT2D eigenvalue weighted by atomic mass is 10.1. The van der Waals surface area contributed by atoms with Crippen molar-refractivity contribution in [3.63, 3.8) is 0 Å². The molecule has 0 heterocycles. The summed E-state index contributed by atoms with van der Waals surface area (Å²) in [6.45, 7) is -0.0834. The third-order valence-corrected chi connectivity index (χ3v) is 1.32. The average molecular weight is 159 g/mol. The highest BCUT2D eigenvalue weighted by Crippen LogP contribution is 1.93. The van der Waals surface area contributed by atoms with E-state index in [2.05, 4.69) is 0 Å². The van der Waals surface area contributed by atoms with Crippen molar-refractivity contribution < 1.29 is 9.59 Å². The smallest absolute Gasteiger partial charge is 0.217 e. The first-order valence-electron chi connectivity index (χ1n) is 3.34. The molecule has 6 N–H and O–H groups in total. The molecule has 0 radical (unpaired) electrons. The molecule has 0 rings (SSSR count). The molecule has 1 atom stereocenters. The second kappa shape index (κ2) is 4.81. The number of ketones is 1. The van der Waals surface area contributed by atoms with Gasteiger partial charge in [0.15, 0.2) is 5.78 Å². The Bertz CT molecular complexity index is 158. The Labute approximate surface area is 64.9 Å². The zero-order valence-corrected chi connectivity index (χ0v) is 6.25. The van der Waals surface area contributed by atoms with E-state index >= 15 is 0 Å². The van der Waals surface area contributed by atoms with Crippen molar-refractivity contribution in [3.05, 3.63) is 0 Å². The number of rotatable bonds is 5. The van der Waals surface area contributed by atoms with E-state index in [0.29, 0.717) is 0 Å². The van der Waals surface area contributed by atoms with Crippen LogP contribution in [0.2, 0.25) is 0 Å². The van der Waals surface area contributed by atoms with Crippen LogP contribution >= 0.6 is 0 Å². The van der Waals surface area contributed by atoms with E-state index in [-0.39, 0.29) is 25.2 Å². The Hall–Kier alpha value is -0.940. The molecule has 0 aromatic carbocycles. The van der Waals surface area contributed by atoms with Gasteiger partial charge in [-0.2, -0.15) is 0 Å². The van der Waals surface area contributed by atoms with Crippen molar-refractivity contribution in [1.82, 2.24) is 0 Å². The molecule has 11 heavy (non-hydrogen) atoms. The topological polar surface area (TPSA) is 112 Å². The Kier molecular flexibility index (Phi) is 4.40. The molecule has 64 valence electrons. The lowest BCUT2D eigenvalue weighted by Gasteiger charge is -2.06. The van der Waals surface area contributed by atoms with E-state index in [1.807, 2.05) is 0 Å². The van der Waals surface area contributed by atoms with Gasteiger partial charge in [0.1, 0.15) is 0 Å². The highest BCUT2D eigenvalue weighted by atomic mass is 16.1. The van der Waals surface area contributed by atoms with Crippen molar-refractivity contribution in [2.45, 2.75) is 18.9 Å². The molecule has 0 unspecified atom stereocenters. The van der Waals surface area contributed by atoms with Gasteiger partial charge >= 0.3 is 0 Å². The first kappa shape index (κ1) is 10.1. The maximum Gasteiger partial charge on any atom is 0.217 e. The predicted molar refractivity (Wildman–Crippen MR) is 40.5 cm³/mol.